The van der Waals surface area contributed by atoms with E-state index in [0.717, 1.165) is 26.5 Å². The maximum atomic E-state index is 5.92. The van der Waals surface area contributed by atoms with Crippen molar-refractivity contribution in [1.29, 1.82) is 0 Å². The molecule has 0 saturated carbocycles. The summed E-state index contributed by atoms with van der Waals surface area (Å²) in [6.45, 7) is 0.719. The predicted octanol–water partition coefficient (Wildman–Crippen LogP) is 3.51. The van der Waals surface area contributed by atoms with Crippen molar-refractivity contribution in [3.63, 3.8) is 0 Å². The molecule has 0 unspecified atom stereocenters. The zero-order valence-electron chi connectivity index (χ0n) is 10.3. The van der Waals surface area contributed by atoms with Crippen molar-refractivity contribution in [3.8, 4) is 11.6 Å². The molecule has 98 valence electrons. The molecule has 3 rings (SSSR count). The maximum absolute atomic E-state index is 5.92. The van der Waals surface area contributed by atoms with Gasteiger partial charge in [0.15, 0.2) is 4.96 Å². The maximum Gasteiger partial charge on any atom is 0.243 e. The van der Waals surface area contributed by atoms with Crippen LogP contribution in [0.3, 0.4) is 0 Å². The highest BCUT2D eigenvalue weighted by molar-refractivity contribution is 14.1. The Morgan fingerprint density at radius 2 is 2.37 bits per heavy atom. The van der Waals surface area contributed by atoms with Gasteiger partial charge in [-0.15, -0.1) is 11.3 Å². The van der Waals surface area contributed by atoms with E-state index in [9.17, 15) is 0 Å². The number of imidazole rings is 1. The van der Waals surface area contributed by atoms with E-state index in [0.29, 0.717) is 5.88 Å². The summed E-state index contributed by atoms with van der Waals surface area (Å²) in [6, 6.07) is 7.96. The number of thiazole rings is 1. The van der Waals surface area contributed by atoms with Gasteiger partial charge in [0.05, 0.1) is 0 Å². The Bertz CT molecular complexity index is 707. The Labute approximate surface area is 128 Å². The first-order valence-electron chi connectivity index (χ1n) is 5.80. The molecular weight excluding hydrogens is 373 g/mol. The first-order chi connectivity index (χ1) is 9.28. The highest BCUT2D eigenvalue weighted by Gasteiger charge is 2.14. The summed E-state index contributed by atoms with van der Waals surface area (Å²) in [5, 5.41) is 5.18. The van der Waals surface area contributed by atoms with E-state index in [2.05, 4.69) is 37.3 Å². The molecule has 0 radical (unpaired) electrons. The van der Waals surface area contributed by atoms with Crippen LogP contribution in [-0.4, -0.2) is 16.4 Å². The second-order valence-corrected chi connectivity index (χ2v) is 6.13. The molecule has 0 saturated heterocycles. The molecular formula is C13H12IN3OS. The molecule has 2 aromatic heterocycles. The molecule has 3 aromatic rings. The average molecular weight is 385 g/mol. The van der Waals surface area contributed by atoms with E-state index in [1.54, 1.807) is 11.3 Å². The molecule has 1 aromatic carbocycles. The van der Waals surface area contributed by atoms with E-state index in [4.69, 9.17) is 4.74 Å². The summed E-state index contributed by atoms with van der Waals surface area (Å²) < 4.78 is 9.12. The lowest BCUT2D eigenvalue weighted by molar-refractivity contribution is 0.457. The number of aromatic nitrogens is 2. The number of benzene rings is 1. The monoisotopic (exact) mass is 385 g/mol. The SMILES string of the molecule is CNCc1c(Oc2cccc(I)c2)nc2sccn12. The molecule has 6 heteroatoms. The Balaban J connectivity index is 1.99. The van der Waals surface area contributed by atoms with Crippen LogP contribution >= 0.6 is 33.9 Å². The zero-order chi connectivity index (χ0) is 13.2. The van der Waals surface area contributed by atoms with E-state index in [-0.39, 0.29) is 0 Å². The molecule has 0 spiro atoms. The molecule has 0 amide bonds. The van der Waals surface area contributed by atoms with Crippen LogP contribution in [0.2, 0.25) is 0 Å². The molecule has 19 heavy (non-hydrogen) atoms. The van der Waals surface area contributed by atoms with Crippen molar-refractivity contribution >= 4 is 38.9 Å². The van der Waals surface area contributed by atoms with E-state index < -0.39 is 0 Å². The number of hydrogen-bond donors (Lipinski definition) is 1. The largest absolute Gasteiger partial charge is 0.437 e. The number of fused-ring (bicyclic) bond motifs is 1. The summed E-state index contributed by atoms with van der Waals surface area (Å²) in [4.78, 5) is 5.48. The first kappa shape index (κ1) is 12.9. The zero-order valence-corrected chi connectivity index (χ0v) is 13.2. The topological polar surface area (TPSA) is 38.6 Å². The van der Waals surface area contributed by atoms with Gasteiger partial charge in [-0.25, -0.2) is 0 Å². The molecule has 0 aliphatic heterocycles. The number of nitrogens with zero attached hydrogens (tertiary/aromatic N) is 2. The molecule has 0 atom stereocenters. The third-order valence-corrected chi connectivity index (χ3v) is 4.11. The second-order valence-electron chi connectivity index (χ2n) is 4.01. The van der Waals surface area contributed by atoms with Crippen molar-refractivity contribution in [2.75, 3.05) is 7.05 Å². The van der Waals surface area contributed by atoms with Gasteiger partial charge in [0.1, 0.15) is 11.4 Å². The molecule has 0 aliphatic rings. The lowest BCUT2D eigenvalue weighted by atomic mass is 10.3. The normalized spacial score (nSPS) is 11.1. The molecule has 4 nitrogen and oxygen atoms in total. The average Bonchev–Trinajstić information content (AvgIpc) is 2.93. The standard InChI is InChI=1S/C13H12IN3OS/c1-15-8-11-12(16-13-17(11)5-6-19-13)18-10-4-2-3-9(14)7-10/h2-7,15H,8H2,1H3. The van der Waals surface area contributed by atoms with E-state index >= 15 is 0 Å². The van der Waals surface area contributed by atoms with Gasteiger partial charge in [0, 0.05) is 21.7 Å². The predicted molar refractivity (Wildman–Crippen MR) is 85.1 cm³/mol. The number of ether oxygens (including phenoxy) is 1. The van der Waals surface area contributed by atoms with Crippen molar-refractivity contribution < 1.29 is 4.74 Å². The van der Waals surface area contributed by atoms with E-state index in [1.165, 1.54) is 0 Å². The summed E-state index contributed by atoms with van der Waals surface area (Å²) in [5.41, 5.74) is 1.04. The van der Waals surface area contributed by atoms with Crippen LogP contribution < -0.4 is 10.1 Å². The minimum Gasteiger partial charge on any atom is -0.437 e. The fourth-order valence-electron chi connectivity index (χ4n) is 1.86. The molecule has 1 N–H and O–H groups in total. The van der Waals surface area contributed by atoms with Crippen molar-refractivity contribution in [3.05, 3.63) is 45.1 Å². The van der Waals surface area contributed by atoms with Crippen molar-refractivity contribution in [1.82, 2.24) is 14.7 Å². The van der Waals surface area contributed by atoms with Gasteiger partial charge in [-0.3, -0.25) is 4.40 Å². The lowest BCUT2D eigenvalue weighted by Gasteiger charge is -2.06. The molecule has 0 bridgehead atoms. The Morgan fingerprint density at radius 1 is 1.47 bits per heavy atom. The highest BCUT2D eigenvalue weighted by atomic mass is 127. The van der Waals surface area contributed by atoms with Crippen molar-refractivity contribution in [2.24, 2.45) is 0 Å². The van der Waals surface area contributed by atoms with Gasteiger partial charge in [-0.2, -0.15) is 4.98 Å². The van der Waals surface area contributed by atoms with Crippen molar-refractivity contribution in [2.45, 2.75) is 6.54 Å². The fourth-order valence-corrected chi connectivity index (χ4v) is 3.10. The smallest absolute Gasteiger partial charge is 0.243 e. The van der Waals surface area contributed by atoms with Gasteiger partial charge in [-0.05, 0) is 47.8 Å². The van der Waals surface area contributed by atoms with Crippen LogP contribution in [0.4, 0.5) is 0 Å². The lowest BCUT2D eigenvalue weighted by Crippen LogP contribution is -2.08. The number of nitrogens with one attached hydrogen (secondary N) is 1. The molecule has 0 fully saturated rings. The Hall–Kier alpha value is -1.12. The summed E-state index contributed by atoms with van der Waals surface area (Å²) >= 11 is 3.88. The second kappa shape index (κ2) is 5.48. The Morgan fingerprint density at radius 3 is 3.16 bits per heavy atom. The van der Waals surface area contributed by atoms with Gasteiger partial charge < -0.3 is 10.1 Å². The van der Waals surface area contributed by atoms with Crippen LogP contribution in [0.15, 0.2) is 35.8 Å². The number of rotatable bonds is 4. The van der Waals surface area contributed by atoms with Gasteiger partial charge in [0.25, 0.3) is 0 Å². The van der Waals surface area contributed by atoms with Gasteiger partial charge >= 0.3 is 0 Å². The van der Waals surface area contributed by atoms with Crippen LogP contribution in [-0.2, 0) is 6.54 Å². The molecule has 2 heterocycles. The quantitative estimate of drug-likeness (QED) is 0.699. The molecule has 0 aliphatic carbocycles. The minimum atomic E-state index is 0.670. The number of halogens is 1. The van der Waals surface area contributed by atoms with Gasteiger partial charge in [0.2, 0.25) is 5.88 Å². The third kappa shape index (κ3) is 2.60. The fraction of sp³-hybridized carbons (Fsp3) is 0.154. The Kier molecular flexibility index (Phi) is 3.72. The minimum absolute atomic E-state index is 0.670. The van der Waals surface area contributed by atoms with Crippen LogP contribution in [0, 0.1) is 3.57 Å². The van der Waals surface area contributed by atoms with Gasteiger partial charge in [-0.1, -0.05) is 6.07 Å². The first-order valence-corrected chi connectivity index (χ1v) is 7.76. The summed E-state index contributed by atoms with van der Waals surface area (Å²) in [6.07, 6.45) is 2.02. The third-order valence-electron chi connectivity index (χ3n) is 2.68. The highest BCUT2D eigenvalue weighted by Crippen LogP contribution is 2.28. The van der Waals surface area contributed by atoms with Crippen LogP contribution in [0.5, 0.6) is 11.6 Å². The van der Waals surface area contributed by atoms with Crippen LogP contribution in [0.25, 0.3) is 4.96 Å². The van der Waals surface area contributed by atoms with Crippen LogP contribution in [0.1, 0.15) is 5.69 Å². The summed E-state index contributed by atoms with van der Waals surface area (Å²) in [7, 11) is 1.92. The number of hydrogen-bond acceptors (Lipinski definition) is 4. The summed E-state index contributed by atoms with van der Waals surface area (Å²) in [5.74, 6) is 1.48. The van der Waals surface area contributed by atoms with E-state index in [1.807, 2.05) is 42.9 Å².